The van der Waals surface area contributed by atoms with Gasteiger partial charge < -0.3 is 21.5 Å². The molecule has 1 saturated heterocycles. The van der Waals surface area contributed by atoms with Crippen LogP contribution < -0.4 is 17.0 Å². The molecule has 2 aliphatic heterocycles. The Morgan fingerprint density at radius 2 is 1.77 bits per heavy atom. The number of nitro benzene ring substituents is 1. The maximum Gasteiger partial charge on any atom is 0.278 e. The lowest BCUT2D eigenvalue weighted by Crippen LogP contribution is -3.00. The molecular weight excluding hydrogens is 399 g/mol. The molecule has 2 heterocycles. The molecule has 2 aromatic carbocycles. The third kappa shape index (κ3) is 3.67. The van der Waals surface area contributed by atoms with Crippen molar-refractivity contribution in [2.24, 2.45) is 5.92 Å². The summed E-state index contributed by atoms with van der Waals surface area (Å²) < 4.78 is 14.0. The summed E-state index contributed by atoms with van der Waals surface area (Å²) in [5, 5.41) is 11.3. The van der Waals surface area contributed by atoms with Crippen molar-refractivity contribution in [3.8, 4) is 0 Å². The fourth-order valence-electron chi connectivity index (χ4n) is 4.52. The van der Waals surface area contributed by atoms with E-state index in [1.807, 2.05) is 18.2 Å². The van der Waals surface area contributed by atoms with Gasteiger partial charge >= 0.3 is 0 Å². The Kier molecular flexibility index (Phi) is 5.44. The van der Waals surface area contributed by atoms with E-state index in [1.54, 1.807) is 12.1 Å². The molecule has 6 heteroatoms. The second kappa shape index (κ2) is 7.45. The number of nitrogens with zero attached hydrogens (tertiary/aromatic N) is 2. The number of fused-ring (bicyclic) bond motifs is 1. The highest BCUT2D eigenvalue weighted by atomic mass is 79.9. The monoisotopic (exact) mass is 420 g/mol. The molecule has 0 aromatic heterocycles. The molecule has 0 atom stereocenters. The quantitative estimate of drug-likeness (QED) is 0.425. The fraction of sp³-hybridized carbons (Fsp3) is 0.400. The van der Waals surface area contributed by atoms with Crippen molar-refractivity contribution >= 4 is 5.69 Å². The lowest BCUT2D eigenvalue weighted by Gasteiger charge is -2.40. The number of piperidine rings is 1. The van der Waals surface area contributed by atoms with Crippen molar-refractivity contribution < 1.29 is 30.8 Å². The lowest BCUT2D eigenvalue weighted by atomic mass is 9.89. The highest BCUT2D eigenvalue weighted by molar-refractivity contribution is 5.46. The average Bonchev–Trinajstić information content (AvgIpc) is 2.96. The maximum atomic E-state index is 13.0. The number of benzene rings is 2. The van der Waals surface area contributed by atoms with Gasteiger partial charge in [-0.3, -0.25) is 10.1 Å². The molecular formula is C20H22BrFN2O2. The molecule has 0 aliphatic carbocycles. The predicted molar refractivity (Wildman–Crippen MR) is 93.3 cm³/mol. The Morgan fingerprint density at radius 3 is 2.42 bits per heavy atom. The van der Waals surface area contributed by atoms with Gasteiger partial charge in [-0.1, -0.05) is 24.3 Å². The van der Waals surface area contributed by atoms with Gasteiger partial charge in [-0.05, 0) is 42.9 Å². The maximum absolute atomic E-state index is 13.0. The van der Waals surface area contributed by atoms with Gasteiger partial charge in [0.25, 0.3) is 5.69 Å². The Morgan fingerprint density at radius 1 is 1.08 bits per heavy atom. The summed E-state index contributed by atoms with van der Waals surface area (Å²) in [6.07, 6.45) is 3.24. The van der Waals surface area contributed by atoms with Gasteiger partial charge in [-0.2, -0.15) is 0 Å². The van der Waals surface area contributed by atoms with E-state index in [-0.39, 0.29) is 33.4 Å². The Hall–Kier alpha value is -1.79. The second-order valence-electron chi connectivity index (χ2n) is 7.55. The van der Waals surface area contributed by atoms with Gasteiger partial charge in [0.1, 0.15) is 18.9 Å². The van der Waals surface area contributed by atoms with Crippen LogP contribution in [0, 0.1) is 21.8 Å². The van der Waals surface area contributed by atoms with E-state index >= 15 is 0 Å². The first kappa shape index (κ1) is 19.0. The zero-order valence-electron chi connectivity index (χ0n) is 14.5. The predicted octanol–water partition coefficient (Wildman–Crippen LogP) is 1.22. The van der Waals surface area contributed by atoms with Crippen molar-refractivity contribution in [1.29, 1.82) is 0 Å². The third-order valence-corrected chi connectivity index (χ3v) is 5.91. The van der Waals surface area contributed by atoms with Crippen molar-refractivity contribution in [3.05, 3.63) is 75.1 Å². The summed E-state index contributed by atoms with van der Waals surface area (Å²) in [7, 11) is 0. The summed E-state index contributed by atoms with van der Waals surface area (Å²) in [5.41, 5.74) is 3.55. The Balaban J connectivity index is 0.00000196. The molecule has 1 spiro atoms. The van der Waals surface area contributed by atoms with E-state index in [0.717, 1.165) is 61.1 Å². The van der Waals surface area contributed by atoms with Crippen LogP contribution in [0.3, 0.4) is 0 Å². The van der Waals surface area contributed by atoms with Gasteiger partial charge in [0.15, 0.2) is 0 Å². The minimum absolute atomic E-state index is 0. The van der Waals surface area contributed by atoms with E-state index in [9.17, 15) is 14.5 Å². The first-order chi connectivity index (χ1) is 12.0. The molecule has 138 valence electrons. The van der Waals surface area contributed by atoms with E-state index in [4.69, 9.17) is 0 Å². The normalized spacial score (nSPS) is 24.1. The van der Waals surface area contributed by atoms with Crippen LogP contribution in [-0.4, -0.2) is 22.5 Å². The fourth-order valence-corrected chi connectivity index (χ4v) is 4.52. The van der Waals surface area contributed by atoms with E-state index in [2.05, 4.69) is 0 Å². The highest BCUT2D eigenvalue weighted by Crippen LogP contribution is 2.39. The SMILES string of the molecule is O=[N+]([O-])c1cccc2c1C[N+]1(CCC(Cc3ccc(F)cc3)CC1)C2.[Br-]. The Bertz CT molecular complexity index is 802. The van der Waals surface area contributed by atoms with Crippen molar-refractivity contribution in [2.45, 2.75) is 32.4 Å². The van der Waals surface area contributed by atoms with Crippen molar-refractivity contribution in [2.75, 3.05) is 13.1 Å². The van der Waals surface area contributed by atoms with E-state index < -0.39 is 0 Å². The zero-order chi connectivity index (χ0) is 17.4. The van der Waals surface area contributed by atoms with Crippen LogP contribution in [0.15, 0.2) is 42.5 Å². The van der Waals surface area contributed by atoms with Gasteiger partial charge in [0.2, 0.25) is 0 Å². The van der Waals surface area contributed by atoms with Crippen LogP contribution in [0.5, 0.6) is 0 Å². The molecule has 4 rings (SSSR count). The molecule has 0 radical (unpaired) electrons. The van der Waals surface area contributed by atoms with Crippen molar-refractivity contribution in [3.63, 3.8) is 0 Å². The lowest BCUT2D eigenvalue weighted by molar-refractivity contribution is -0.952. The summed E-state index contributed by atoms with van der Waals surface area (Å²) in [4.78, 5) is 11.0. The molecule has 0 amide bonds. The van der Waals surface area contributed by atoms with Gasteiger partial charge in [0, 0.05) is 11.6 Å². The van der Waals surface area contributed by atoms with Crippen LogP contribution in [0.1, 0.15) is 29.5 Å². The minimum atomic E-state index is -0.248. The topological polar surface area (TPSA) is 43.1 Å². The van der Waals surface area contributed by atoms with Crippen molar-refractivity contribution in [1.82, 2.24) is 0 Å². The number of quaternary nitrogens is 1. The third-order valence-electron chi connectivity index (χ3n) is 5.91. The molecule has 0 saturated carbocycles. The van der Waals surface area contributed by atoms with E-state index in [0.29, 0.717) is 5.92 Å². The number of halogens is 2. The molecule has 0 N–H and O–H groups in total. The largest absolute Gasteiger partial charge is 1.00 e. The van der Waals surface area contributed by atoms with E-state index in [1.165, 1.54) is 17.7 Å². The van der Waals surface area contributed by atoms with Gasteiger partial charge in [-0.15, -0.1) is 0 Å². The highest BCUT2D eigenvalue weighted by Gasteiger charge is 2.42. The standard InChI is InChI=1S/C20H22FN2O2.BrH/c21-18-6-4-15(5-7-18)12-16-8-10-23(11-9-16)13-17-2-1-3-20(22(24)25)19(17)14-23;/h1-7,16H,8-14H2;1H/q+1;/p-1. The molecule has 0 bridgehead atoms. The van der Waals surface area contributed by atoms with Crippen LogP contribution >= 0.6 is 0 Å². The molecule has 26 heavy (non-hydrogen) atoms. The summed E-state index contributed by atoms with van der Waals surface area (Å²) in [6, 6.07) is 12.3. The van der Waals surface area contributed by atoms with Crippen LogP contribution in [0.4, 0.5) is 10.1 Å². The van der Waals surface area contributed by atoms with Gasteiger partial charge in [0.05, 0.1) is 23.6 Å². The summed E-state index contributed by atoms with van der Waals surface area (Å²) in [5.74, 6) is 0.432. The first-order valence-electron chi connectivity index (χ1n) is 8.89. The van der Waals surface area contributed by atoms with Crippen LogP contribution in [-0.2, 0) is 19.5 Å². The molecule has 0 unspecified atom stereocenters. The number of nitro groups is 1. The zero-order valence-corrected chi connectivity index (χ0v) is 16.1. The number of rotatable bonds is 3. The summed E-state index contributed by atoms with van der Waals surface area (Å²) >= 11 is 0. The van der Waals surface area contributed by atoms with Crippen LogP contribution in [0.25, 0.3) is 0 Å². The molecule has 2 aromatic rings. The van der Waals surface area contributed by atoms with Crippen LogP contribution in [0.2, 0.25) is 0 Å². The summed E-state index contributed by atoms with van der Waals surface area (Å²) in [6.45, 7) is 3.84. The van der Waals surface area contributed by atoms with Gasteiger partial charge in [-0.25, -0.2) is 4.39 Å². The average molecular weight is 421 g/mol. The minimum Gasteiger partial charge on any atom is -1.00 e. The molecule has 1 fully saturated rings. The molecule has 4 nitrogen and oxygen atoms in total. The first-order valence-corrected chi connectivity index (χ1v) is 8.89. The number of hydrogen-bond donors (Lipinski definition) is 0. The number of hydrogen-bond acceptors (Lipinski definition) is 2. The smallest absolute Gasteiger partial charge is 0.278 e. The second-order valence-corrected chi connectivity index (χ2v) is 7.55. The Labute approximate surface area is 163 Å². The molecule has 2 aliphatic rings.